The molecule has 4 atom stereocenters. The Morgan fingerprint density at radius 2 is 2.03 bits per heavy atom. The minimum atomic E-state index is -0.770. The van der Waals surface area contributed by atoms with Crippen LogP contribution in [-0.4, -0.2) is 46.2 Å². The molecule has 0 saturated carbocycles. The third kappa shape index (κ3) is 2.94. The van der Waals surface area contributed by atoms with E-state index in [2.05, 4.69) is 0 Å². The van der Waals surface area contributed by atoms with Crippen LogP contribution >= 0.6 is 0 Å². The van der Waals surface area contributed by atoms with Gasteiger partial charge in [0, 0.05) is 36.7 Å². The maximum Gasteiger partial charge on any atom is 0.311 e. The summed E-state index contributed by atoms with van der Waals surface area (Å²) in [6.07, 6.45) is 0.241. The molecule has 0 unspecified atom stereocenters. The average molecular weight is 414 g/mol. The number of benzene rings is 1. The van der Waals surface area contributed by atoms with Gasteiger partial charge in [-0.1, -0.05) is 19.1 Å². The molecule has 1 saturated heterocycles. The van der Waals surface area contributed by atoms with Gasteiger partial charge in [-0.2, -0.15) is 0 Å². The molecule has 4 rings (SSSR count). The Kier molecular flexibility index (Phi) is 5.19. The van der Waals surface area contributed by atoms with Crippen molar-refractivity contribution < 1.29 is 23.8 Å². The number of aliphatic hydroxyl groups excluding tert-OH is 1. The fourth-order valence-corrected chi connectivity index (χ4v) is 4.91. The lowest BCUT2D eigenvalue weighted by atomic mass is 9.87. The average Bonchev–Trinajstić information content (AvgIpc) is 2.99. The second kappa shape index (κ2) is 7.68. The predicted octanol–water partition coefficient (Wildman–Crippen LogP) is 1.73. The first kappa shape index (κ1) is 20.3. The molecule has 158 valence electrons. The van der Waals surface area contributed by atoms with Gasteiger partial charge in [0.15, 0.2) is 0 Å². The van der Waals surface area contributed by atoms with Gasteiger partial charge in [0.2, 0.25) is 5.91 Å². The standard InChI is InChI=1S/C22H23FN2O5/c1-3-18(27)25-17-10-24-16(20(25)19(15(17)11-26)22(29)30-2)8-7-14(21(24)28)12-5-4-6-13(23)9-12/h4-9,15,17,19-20,26H,3,10-11H2,1-2H3/t15-,17-,19+,20+/m1/s1. The lowest BCUT2D eigenvalue weighted by molar-refractivity contribution is -0.148. The van der Waals surface area contributed by atoms with Crippen LogP contribution in [0.1, 0.15) is 25.1 Å². The Labute approximate surface area is 172 Å². The van der Waals surface area contributed by atoms with Crippen LogP contribution in [0, 0.1) is 17.7 Å². The first-order valence-corrected chi connectivity index (χ1v) is 9.92. The number of hydrogen-bond acceptors (Lipinski definition) is 5. The number of ether oxygens (including phenoxy) is 1. The van der Waals surface area contributed by atoms with Gasteiger partial charge in [-0.3, -0.25) is 14.4 Å². The SMILES string of the molecule is CCC(=O)N1[C@@H]2Cn3c(ccc(-c4cccc(F)c4)c3=O)[C@H]1[C@@H](C(=O)OC)[C@@H]2CO. The van der Waals surface area contributed by atoms with E-state index in [1.807, 2.05) is 0 Å². The highest BCUT2D eigenvalue weighted by molar-refractivity contribution is 5.81. The van der Waals surface area contributed by atoms with E-state index in [4.69, 9.17) is 4.74 Å². The number of hydrogen-bond donors (Lipinski definition) is 1. The van der Waals surface area contributed by atoms with Crippen LogP contribution in [-0.2, 0) is 20.9 Å². The maximum atomic E-state index is 13.7. The van der Waals surface area contributed by atoms with Crippen LogP contribution < -0.4 is 5.56 Å². The highest BCUT2D eigenvalue weighted by Gasteiger charge is 2.57. The highest BCUT2D eigenvalue weighted by atomic mass is 19.1. The van der Waals surface area contributed by atoms with Crippen molar-refractivity contribution in [3.05, 3.63) is 58.3 Å². The molecule has 2 aliphatic heterocycles. The minimum absolute atomic E-state index is 0.150. The predicted molar refractivity (Wildman–Crippen MR) is 106 cm³/mol. The molecule has 8 heteroatoms. The van der Waals surface area contributed by atoms with Crippen molar-refractivity contribution in [3.63, 3.8) is 0 Å². The first-order chi connectivity index (χ1) is 14.4. The molecule has 2 aromatic rings. The van der Waals surface area contributed by atoms with Gasteiger partial charge in [0.25, 0.3) is 5.56 Å². The number of nitrogens with zero attached hydrogens (tertiary/aromatic N) is 2. The topological polar surface area (TPSA) is 88.8 Å². The Morgan fingerprint density at radius 3 is 2.67 bits per heavy atom. The van der Waals surface area contributed by atoms with E-state index in [1.54, 1.807) is 34.6 Å². The Bertz CT molecular complexity index is 1070. The van der Waals surface area contributed by atoms with Crippen molar-refractivity contribution in [2.75, 3.05) is 13.7 Å². The smallest absolute Gasteiger partial charge is 0.311 e. The molecule has 1 N–H and O–H groups in total. The summed E-state index contributed by atoms with van der Waals surface area (Å²) in [7, 11) is 1.27. The number of methoxy groups -OCH3 is 1. The summed E-state index contributed by atoms with van der Waals surface area (Å²) in [6.45, 7) is 1.57. The highest BCUT2D eigenvalue weighted by Crippen LogP contribution is 2.49. The van der Waals surface area contributed by atoms with Crippen LogP contribution in [0.3, 0.4) is 0 Å². The monoisotopic (exact) mass is 414 g/mol. The van der Waals surface area contributed by atoms with Gasteiger partial charge in [-0.25, -0.2) is 4.39 Å². The Balaban J connectivity index is 1.89. The largest absolute Gasteiger partial charge is 0.469 e. The van der Waals surface area contributed by atoms with Crippen molar-refractivity contribution in [2.24, 2.45) is 11.8 Å². The Hall–Kier alpha value is -3.00. The zero-order chi connectivity index (χ0) is 21.6. The van der Waals surface area contributed by atoms with Crippen molar-refractivity contribution >= 4 is 11.9 Å². The van der Waals surface area contributed by atoms with Crippen LogP contribution in [0.5, 0.6) is 0 Å². The van der Waals surface area contributed by atoms with Crippen molar-refractivity contribution in [3.8, 4) is 11.1 Å². The molecule has 0 aliphatic carbocycles. The van der Waals surface area contributed by atoms with E-state index in [0.29, 0.717) is 16.8 Å². The number of amides is 1. The van der Waals surface area contributed by atoms with Crippen LogP contribution in [0.15, 0.2) is 41.2 Å². The number of carbonyl (C=O) groups excluding carboxylic acids is 2. The summed E-state index contributed by atoms with van der Waals surface area (Å²) < 4.78 is 20.2. The van der Waals surface area contributed by atoms with E-state index >= 15 is 0 Å². The van der Waals surface area contributed by atoms with Gasteiger partial charge in [0.1, 0.15) is 5.82 Å². The minimum Gasteiger partial charge on any atom is -0.469 e. The number of rotatable bonds is 4. The number of aliphatic hydroxyl groups is 1. The van der Waals surface area contributed by atoms with Gasteiger partial charge in [-0.05, 0) is 29.8 Å². The van der Waals surface area contributed by atoms with E-state index in [0.717, 1.165) is 0 Å². The fourth-order valence-electron chi connectivity index (χ4n) is 4.91. The zero-order valence-corrected chi connectivity index (χ0v) is 16.7. The molecular weight excluding hydrogens is 391 g/mol. The summed E-state index contributed by atoms with van der Waals surface area (Å²) in [5, 5.41) is 10.0. The summed E-state index contributed by atoms with van der Waals surface area (Å²) in [6, 6.07) is 7.88. The Morgan fingerprint density at radius 1 is 1.27 bits per heavy atom. The molecule has 0 spiro atoms. The van der Waals surface area contributed by atoms with Crippen LogP contribution in [0.4, 0.5) is 4.39 Å². The number of fused-ring (bicyclic) bond motifs is 4. The van der Waals surface area contributed by atoms with E-state index < -0.39 is 35.7 Å². The number of carbonyl (C=O) groups is 2. The second-order valence-electron chi connectivity index (χ2n) is 7.66. The quantitative estimate of drug-likeness (QED) is 0.770. The van der Waals surface area contributed by atoms with Gasteiger partial charge in [0.05, 0.1) is 25.1 Å². The van der Waals surface area contributed by atoms with E-state index in [-0.39, 0.29) is 31.0 Å². The molecule has 0 radical (unpaired) electrons. The third-order valence-corrected chi connectivity index (χ3v) is 6.24. The molecular formula is C22H23FN2O5. The van der Waals surface area contributed by atoms with Gasteiger partial charge >= 0.3 is 5.97 Å². The third-order valence-electron chi connectivity index (χ3n) is 6.24. The lowest BCUT2D eigenvalue weighted by Gasteiger charge is -2.38. The molecule has 2 bridgehead atoms. The second-order valence-corrected chi connectivity index (χ2v) is 7.66. The van der Waals surface area contributed by atoms with Crippen LogP contribution in [0.2, 0.25) is 0 Å². The summed E-state index contributed by atoms with van der Waals surface area (Å²) in [5.41, 5.74) is 0.990. The number of pyridine rings is 1. The molecule has 7 nitrogen and oxygen atoms in total. The normalized spacial score (nSPS) is 24.5. The summed E-state index contributed by atoms with van der Waals surface area (Å²) in [5.74, 6) is -2.43. The van der Waals surface area contributed by atoms with E-state index in [9.17, 15) is 23.9 Å². The molecule has 1 fully saturated rings. The molecule has 1 aromatic carbocycles. The zero-order valence-electron chi connectivity index (χ0n) is 16.7. The molecule has 3 heterocycles. The summed E-state index contributed by atoms with van der Waals surface area (Å²) in [4.78, 5) is 40.2. The summed E-state index contributed by atoms with van der Waals surface area (Å²) >= 11 is 0. The van der Waals surface area contributed by atoms with Crippen LogP contribution in [0.25, 0.3) is 11.1 Å². The molecule has 1 amide bonds. The maximum absolute atomic E-state index is 13.7. The number of halogens is 1. The van der Waals surface area contributed by atoms with Crippen molar-refractivity contribution in [1.29, 1.82) is 0 Å². The molecule has 1 aromatic heterocycles. The van der Waals surface area contributed by atoms with Crippen molar-refractivity contribution in [1.82, 2.24) is 9.47 Å². The van der Waals surface area contributed by atoms with E-state index in [1.165, 1.54) is 25.3 Å². The fraction of sp³-hybridized carbons (Fsp3) is 0.409. The lowest BCUT2D eigenvalue weighted by Crippen LogP contribution is -2.49. The van der Waals surface area contributed by atoms with Gasteiger partial charge in [-0.15, -0.1) is 0 Å². The first-order valence-electron chi connectivity index (χ1n) is 9.92. The number of esters is 1. The number of aromatic nitrogens is 1. The van der Waals surface area contributed by atoms with Gasteiger partial charge < -0.3 is 19.3 Å². The van der Waals surface area contributed by atoms with Crippen molar-refractivity contribution in [2.45, 2.75) is 32.0 Å². The molecule has 2 aliphatic rings. The molecule has 30 heavy (non-hydrogen) atoms.